The molecule has 1 aliphatic rings. The molecule has 3 unspecified atom stereocenters. The van der Waals surface area contributed by atoms with Crippen molar-refractivity contribution in [2.45, 2.75) is 193 Å². The number of phosphoric ester groups is 1. The van der Waals surface area contributed by atoms with Crippen molar-refractivity contribution >= 4 is 19.8 Å². The number of nitrogens with zero attached hydrogens (tertiary/aromatic N) is 1. The molecular weight excluding hydrogens is 729 g/mol. The number of ether oxygens (including phenoxy) is 3. The fraction of sp³-hybridized carbons (Fsp3) is 0.822. The Labute approximate surface area is 342 Å². The number of carbonyl (C=O) groups excluding carboxylic acids is 2. The molecule has 1 heterocycles. The summed E-state index contributed by atoms with van der Waals surface area (Å²) in [4.78, 5) is 37.5. The van der Waals surface area contributed by atoms with Gasteiger partial charge in [-0.2, -0.15) is 0 Å². The average Bonchev–Trinajstić information content (AvgIpc) is 3.90. The molecule has 0 aromatic carbocycles. The fourth-order valence-corrected chi connectivity index (χ4v) is 6.94. The molecule has 56 heavy (non-hydrogen) atoms. The molecule has 0 radical (unpaired) electrons. The van der Waals surface area contributed by atoms with E-state index in [0.717, 1.165) is 38.5 Å². The fourth-order valence-electron chi connectivity index (χ4n) is 6.21. The predicted octanol–water partition coefficient (Wildman–Crippen LogP) is 10.9. The number of hydrogen-bond acceptors (Lipinski definition) is 9. The molecule has 1 rings (SSSR count). The first-order chi connectivity index (χ1) is 27.0. The van der Waals surface area contributed by atoms with Crippen LogP contribution in [0.15, 0.2) is 36.5 Å². The number of carbonyl (C=O) groups is 2. The largest absolute Gasteiger partial charge is 0.756 e. The second kappa shape index (κ2) is 34.1. The van der Waals surface area contributed by atoms with E-state index in [1.165, 1.54) is 96.3 Å². The summed E-state index contributed by atoms with van der Waals surface area (Å²) in [6.45, 7) is 4.13. The lowest BCUT2D eigenvalue weighted by Gasteiger charge is -2.28. The van der Waals surface area contributed by atoms with Crippen LogP contribution in [0.4, 0.5) is 0 Å². The Morgan fingerprint density at radius 3 is 1.80 bits per heavy atom. The summed E-state index contributed by atoms with van der Waals surface area (Å²) in [5.41, 5.74) is 0. The highest BCUT2D eigenvalue weighted by Crippen LogP contribution is 2.38. The van der Waals surface area contributed by atoms with Gasteiger partial charge in [0.2, 0.25) is 0 Å². The number of allylic oxidation sites excluding steroid dienone is 5. The van der Waals surface area contributed by atoms with Gasteiger partial charge in [0.1, 0.15) is 19.8 Å². The highest BCUT2D eigenvalue weighted by molar-refractivity contribution is 7.45. The van der Waals surface area contributed by atoms with Gasteiger partial charge in [-0.25, -0.2) is 0 Å². The smallest absolute Gasteiger partial charge is 0.306 e. The van der Waals surface area contributed by atoms with E-state index in [4.69, 9.17) is 23.3 Å². The Balaban J connectivity index is 2.31. The minimum atomic E-state index is -4.64. The van der Waals surface area contributed by atoms with E-state index in [-0.39, 0.29) is 26.1 Å². The zero-order chi connectivity index (χ0) is 41.2. The summed E-state index contributed by atoms with van der Waals surface area (Å²) in [5, 5.41) is 0. The number of rotatable bonds is 39. The molecule has 0 N–H and O–H groups in total. The lowest BCUT2D eigenvalue weighted by atomic mass is 10.0. The maximum atomic E-state index is 12.7. The van der Waals surface area contributed by atoms with Gasteiger partial charge in [-0.1, -0.05) is 153 Å². The average molecular weight is 812 g/mol. The van der Waals surface area contributed by atoms with Crippen molar-refractivity contribution in [3.05, 3.63) is 36.5 Å². The summed E-state index contributed by atoms with van der Waals surface area (Å²) >= 11 is 0. The van der Waals surface area contributed by atoms with Crippen LogP contribution < -0.4 is 4.89 Å². The van der Waals surface area contributed by atoms with E-state index in [1.54, 1.807) is 0 Å². The molecule has 1 saturated heterocycles. The molecule has 0 amide bonds. The maximum Gasteiger partial charge on any atom is 0.306 e. The summed E-state index contributed by atoms with van der Waals surface area (Å²) in [5.74, 6) is -0.902. The molecule has 1 fully saturated rings. The molecular formula is C45H82NO9P. The van der Waals surface area contributed by atoms with Gasteiger partial charge in [0.25, 0.3) is 7.82 Å². The second-order valence-electron chi connectivity index (χ2n) is 16.5. The molecule has 11 heteroatoms. The van der Waals surface area contributed by atoms with Gasteiger partial charge in [-0.3, -0.25) is 14.2 Å². The van der Waals surface area contributed by atoms with Crippen LogP contribution in [0.2, 0.25) is 0 Å². The van der Waals surface area contributed by atoms with Gasteiger partial charge < -0.3 is 32.6 Å². The standard InChI is InChI=1S/C45H82NO9P/c1-6-8-10-11-12-13-14-15-16-17-21-24-27-31-35-44(47)51-39-41(40-53-56(49,50)52-38-37-46(3,4)5)54-45(48)36-32-28-25-22-19-18-20-23-26-30-34-43-42(55-43)33-29-9-7-2/h18,20,22,25-26,30,41-43H,6-17,19,21,23-24,27-29,31-40H2,1-5H3/b20-18-,25-22-,30-26-/t41-,42?,43?/m1/s1. The number of likely N-dealkylation sites (N-methyl/N-ethyl adjacent to an activating group) is 1. The van der Waals surface area contributed by atoms with E-state index in [1.807, 2.05) is 27.2 Å². The zero-order valence-electron chi connectivity index (χ0n) is 36.3. The van der Waals surface area contributed by atoms with Crippen LogP contribution in [0, 0.1) is 0 Å². The molecule has 0 aromatic heterocycles. The lowest BCUT2D eigenvalue weighted by molar-refractivity contribution is -0.870. The Hall–Kier alpha value is -1.81. The van der Waals surface area contributed by atoms with Gasteiger partial charge in [0.15, 0.2) is 6.10 Å². The third-order valence-electron chi connectivity index (χ3n) is 9.84. The van der Waals surface area contributed by atoms with Gasteiger partial charge in [0.05, 0.1) is 40.0 Å². The quantitative estimate of drug-likeness (QED) is 0.0149. The molecule has 0 aliphatic carbocycles. The minimum Gasteiger partial charge on any atom is -0.756 e. The number of epoxide rings is 1. The van der Waals surface area contributed by atoms with E-state index in [0.29, 0.717) is 36.1 Å². The van der Waals surface area contributed by atoms with Gasteiger partial charge >= 0.3 is 11.9 Å². The zero-order valence-corrected chi connectivity index (χ0v) is 37.2. The molecule has 10 nitrogen and oxygen atoms in total. The van der Waals surface area contributed by atoms with Crippen molar-refractivity contribution in [1.82, 2.24) is 0 Å². The number of esters is 2. The highest BCUT2D eigenvalue weighted by Gasteiger charge is 2.36. The van der Waals surface area contributed by atoms with E-state index in [9.17, 15) is 19.0 Å². The van der Waals surface area contributed by atoms with Crippen LogP contribution in [0.5, 0.6) is 0 Å². The van der Waals surface area contributed by atoms with Gasteiger partial charge in [-0.15, -0.1) is 0 Å². The van der Waals surface area contributed by atoms with Crippen molar-refractivity contribution in [3.8, 4) is 0 Å². The SMILES string of the molecule is CCCCCCCCCCCCCCCCC(=O)OC[C@H](COP(=O)([O-])OCC[N+](C)(C)C)OC(=O)CCC/C=C\C/C=C\C/C=C\CC1OC1CCCCC. The lowest BCUT2D eigenvalue weighted by Crippen LogP contribution is -2.37. The Kier molecular flexibility index (Phi) is 31.8. The Bertz CT molecular complexity index is 1120. The van der Waals surface area contributed by atoms with Crippen molar-refractivity contribution in [2.75, 3.05) is 47.5 Å². The highest BCUT2D eigenvalue weighted by atomic mass is 31.2. The number of quaternary nitrogens is 1. The summed E-state index contributed by atoms with van der Waals surface area (Å²) in [6.07, 6.45) is 39.2. The molecule has 0 saturated carbocycles. The monoisotopic (exact) mass is 812 g/mol. The third-order valence-corrected chi connectivity index (χ3v) is 10.8. The number of phosphoric acid groups is 1. The number of unbranched alkanes of at least 4 members (excludes halogenated alkanes) is 16. The van der Waals surface area contributed by atoms with E-state index < -0.39 is 32.5 Å². The Morgan fingerprint density at radius 2 is 1.20 bits per heavy atom. The number of hydrogen-bond donors (Lipinski definition) is 0. The van der Waals surface area contributed by atoms with Crippen LogP contribution in [0.1, 0.15) is 174 Å². The van der Waals surface area contributed by atoms with Crippen molar-refractivity contribution in [1.29, 1.82) is 0 Å². The predicted molar refractivity (Wildman–Crippen MR) is 226 cm³/mol. The summed E-state index contributed by atoms with van der Waals surface area (Å²) in [7, 11) is 1.13. The minimum absolute atomic E-state index is 0.0425. The van der Waals surface area contributed by atoms with E-state index >= 15 is 0 Å². The topological polar surface area (TPSA) is 124 Å². The van der Waals surface area contributed by atoms with Crippen LogP contribution in [0.25, 0.3) is 0 Å². The molecule has 0 bridgehead atoms. The molecule has 4 atom stereocenters. The molecule has 0 aromatic rings. The first kappa shape index (κ1) is 52.2. The van der Waals surface area contributed by atoms with Crippen molar-refractivity contribution < 1.29 is 46.8 Å². The molecule has 0 spiro atoms. The first-order valence-corrected chi connectivity index (χ1v) is 23.8. The van der Waals surface area contributed by atoms with Crippen LogP contribution >= 0.6 is 7.82 Å². The molecule has 326 valence electrons. The summed E-state index contributed by atoms with van der Waals surface area (Å²) in [6, 6.07) is 0. The van der Waals surface area contributed by atoms with Crippen molar-refractivity contribution in [3.63, 3.8) is 0 Å². The second-order valence-corrected chi connectivity index (χ2v) is 17.9. The van der Waals surface area contributed by atoms with Crippen LogP contribution in [-0.4, -0.2) is 82.2 Å². The van der Waals surface area contributed by atoms with Crippen LogP contribution in [-0.2, 0) is 37.4 Å². The van der Waals surface area contributed by atoms with Gasteiger partial charge in [-0.05, 0) is 44.9 Å². The third kappa shape index (κ3) is 34.3. The summed E-state index contributed by atoms with van der Waals surface area (Å²) < 4.78 is 39.6. The Morgan fingerprint density at radius 1 is 0.661 bits per heavy atom. The van der Waals surface area contributed by atoms with Crippen LogP contribution in [0.3, 0.4) is 0 Å². The molecule has 1 aliphatic heterocycles. The van der Waals surface area contributed by atoms with E-state index in [2.05, 4.69) is 44.2 Å². The van der Waals surface area contributed by atoms with Crippen molar-refractivity contribution in [2.24, 2.45) is 0 Å². The first-order valence-electron chi connectivity index (χ1n) is 22.3. The maximum absolute atomic E-state index is 12.7. The van der Waals surface area contributed by atoms with Gasteiger partial charge in [0, 0.05) is 12.8 Å². The normalized spacial score (nSPS) is 17.5.